The average Bonchev–Trinajstić information content (AvgIpc) is 2.69. The molecule has 0 atom stereocenters. The minimum absolute atomic E-state index is 0.254. The number of rotatable bonds is 6. The third-order valence-electron chi connectivity index (χ3n) is 4.61. The Hall–Kier alpha value is -3.79. The monoisotopic (exact) mass is 376 g/mol. The van der Waals surface area contributed by atoms with E-state index in [0.29, 0.717) is 34.5 Å². The van der Waals surface area contributed by atoms with E-state index in [1.807, 2.05) is 25.1 Å². The molecule has 0 saturated carbocycles. The maximum Gasteiger partial charge on any atom is 0.252 e. The Balaban J connectivity index is 2.23. The van der Waals surface area contributed by atoms with Gasteiger partial charge >= 0.3 is 0 Å². The van der Waals surface area contributed by atoms with Crippen LogP contribution in [0.2, 0.25) is 0 Å². The number of nitrogens with one attached hydrogen (secondary N) is 1. The van der Waals surface area contributed by atoms with Gasteiger partial charge in [-0.3, -0.25) is 9.78 Å². The Bertz CT molecular complexity index is 1100. The zero-order valence-electron chi connectivity index (χ0n) is 15.9. The molecule has 1 heterocycles. The second-order valence-electron chi connectivity index (χ2n) is 6.19. The van der Waals surface area contributed by atoms with Crippen LogP contribution >= 0.6 is 0 Å². The summed E-state index contributed by atoms with van der Waals surface area (Å²) in [5, 5.41) is 13.0. The van der Waals surface area contributed by atoms with E-state index in [-0.39, 0.29) is 5.56 Å². The van der Waals surface area contributed by atoms with Crippen LogP contribution in [0.15, 0.2) is 36.5 Å². The van der Waals surface area contributed by atoms with Gasteiger partial charge in [-0.15, -0.1) is 0 Å². The first-order chi connectivity index (χ1) is 13.5. The summed E-state index contributed by atoms with van der Waals surface area (Å²) in [6, 6.07) is 11.3. The number of fused-ring (bicyclic) bond motifs is 1. The standard InChI is InChI=1S/C21H20N4O3/c1-12-13(7-8-22)5-4-6-16(12)25-20-14-9-18(27-2)19(28-3)10-17(14)24-11-15(20)21(23)26/h4-6,9-11H,7H2,1-3H3,(H2,23,26)(H,24,25). The highest BCUT2D eigenvalue weighted by atomic mass is 16.5. The number of nitrogens with two attached hydrogens (primary N) is 1. The highest BCUT2D eigenvalue weighted by Gasteiger charge is 2.17. The molecule has 0 fully saturated rings. The minimum Gasteiger partial charge on any atom is -0.493 e. The zero-order valence-corrected chi connectivity index (χ0v) is 15.9. The summed E-state index contributed by atoms with van der Waals surface area (Å²) in [6.45, 7) is 1.92. The molecule has 0 aliphatic heterocycles. The lowest BCUT2D eigenvalue weighted by atomic mass is 10.0. The number of anilines is 2. The molecule has 0 spiro atoms. The number of amides is 1. The van der Waals surface area contributed by atoms with Crippen molar-refractivity contribution >= 4 is 28.2 Å². The van der Waals surface area contributed by atoms with E-state index in [9.17, 15) is 4.79 Å². The molecule has 7 nitrogen and oxygen atoms in total. The highest BCUT2D eigenvalue weighted by molar-refractivity contribution is 6.08. The minimum atomic E-state index is -0.600. The topological polar surface area (TPSA) is 110 Å². The average molecular weight is 376 g/mol. The molecule has 2 aromatic carbocycles. The number of carbonyl (C=O) groups is 1. The van der Waals surface area contributed by atoms with E-state index < -0.39 is 5.91 Å². The Kier molecular flexibility index (Phi) is 5.32. The fourth-order valence-corrected chi connectivity index (χ4v) is 3.07. The number of nitrogens with zero attached hydrogens (tertiary/aromatic N) is 2. The molecule has 3 aromatic rings. The summed E-state index contributed by atoms with van der Waals surface area (Å²) in [5.74, 6) is 0.446. The van der Waals surface area contributed by atoms with E-state index in [2.05, 4.69) is 16.4 Å². The van der Waals surface area contributed by atoms with E-state index in [1.165, 1.54) is 13.3 Å². The summed E-state index contributed by atoms with van der Waals surface area (Å²) in [6.07, 6.45) is 1.74. The number of benzene rings is 2. The van der Waals surface area contributed by atoms with Crippen LogP contribution in [0.25, 0.3) is 10.9 Å². The van der Waals surface area contributed by atoms with Crippen molar-refractivity contribution in [1.82, 2.24) is 4.98 Å². The van der Waals surface area contributed by atoms with E-state index in [0.717, 1.165) is 16.8 Å². The molecular weight excluding hydrogens is 356 g/mol. The van der Waals surface area contributed by atoms with Gasteiger partial charge < -0.3 is 20.5 Å². The van der Waals surface area contributed by atoms with Crippen molar-refractivity contribution < 1.29 is 14.3 Å². The van der Waals surface area contributed by atoms with E-state index in [1.54, 1.807) is 19.2 Å². The number of primary amides is 1. The zero-order chi connectivity index (χ0) is 20.3. The largest absolute Gasteiger partial charge is 0.493 e. The number of hydrogen-bond donors (Lipinski definition) is 2. The molecule has 0 saturated heterocycles. The lowest BCUT2D eigenvalue weighted by Crippen LogP contribution is -2.14. The predicted octanol–water partition coefficient (Wildman–Crippen LogP) is 3.47. The van der Waals surface area contributed by atoms with Crippen LogP contribution in [0.3, 0.4) is 0 Å². The third kappa shape index (κ3) is 3.40. The van der Waals surface area contributed by atoms with E-state index >= 15 is 0 Å². The first kappa shape index (κ1) is 19.0. The number of methoxy groups -OCH3 is 2. The number of aromatic nitrogens is 1. The van der Waals surface area contributed by atoms with Crippen molar-refractivity contribution in [2.24, 2.45) is 5.73 Å². The molecule has 0 aliphatic rings. The van der Waals surface area contributed by atoms with Gasteiger partial charge in [-0.2, -0.15) is 5.26 Å². The van der Waals surface area contributed by atoms with Crippen LogP contribution in [0.4, 0.5) is 11.4 Å². The first-order valence-electron chi connectivity index (χ1n) is 8.57. The van der Waals surface area contributed by atoms with Crippen molar-refractivity contribution in [1.29, 1.82) is 5.26 Å². The van der Waals surface area contributed by atoms with Crippen LogP contribution in [-0.4, -0.2) is 25.1 Å². The fraction of sp³-hybridized carbons (Fsp3) is 0.190. The molecule has 28 heavy (non-hydrogen) atoms. The number of pyridine rings is 1. The van der Waals surface area contributed by atoms with Gasteiger partial charge in [0.25, 0.3) is 5.91 Å². The van der Waals surface area contributed by atoms with E-state index in [4.69, 9.17) is 20.5 Å². The molecular formula is C21H20N4O3. The van der Waals surface area contributed by atoms with Gasteiger partial charge in [0.2, 0.25) is 0 Å². The van der Waals surface area contributed by atoms with Gasteiger partial charge in [0.1, 0.15) is 0 Å². The van der Waals surface area contributed by atoms with Crippen molar-refractivity contribution in [3.63, 3.8) is 0 Å². The van der Waals surface area contributed by atoms with Gasteiger partial charge in [0, 0.05) is 23.3 Å². The van der Waals surface area contributed by atoms with Crippen LogP contribution in [0.5, 0.6) is 11.5 Å². The molecule has 1 amide bonds. The molecule has 3 rings (SSSR count). The smallest absolute Gasteiger partial charge is 0.252 e. The number of hydrogen-bond acceptors (Lipinski definition) is 6. The quantitative estimate of drug-likeness (QED) is 0.681. The van der Waals surface area contributed by atoms with Crippen LogP contribution in [0, 0.1) is 18.3 Å². The van der Waals surface area contributed by atoms with Crippen LogP contribution < -0.4 is 20.5 Å². The summed E-state index contributed by atoms with van der Waals surface area (Å²) in [7, 11) is 3.09. The van der Waals surface area contributed by atoms with Gasteiger partial charge in [-0.25, -0.2) is 0 Å². The lowest BCUT2D eigenvalue weighted by molar-refractivity contribution is 0.100. The maximum absolute atomic E-state index is 12.0. The Morgan fingerprint density at radius 1 is 1.25 bits per heavy atom. The first-order valence-corrected chi connectivity index (χ1v) is 8.57. The number of carbonyl (C=O) groups excluding carboxylic acids is 1. The Labute approximate surface area is 162 Å². The van der Waals surface area contributed by atoms with Crippen molar-refractivity contribution in [3.8, 4) is 17.6 Å². The normalized spacial score (nSPS) is 10.4. The summed E-state index contributed by atoms with van der Waals surface area (Å²) in [4.78, 5) is 16.4. The van der Waals surface area contributed by atoms with Crippen LogP contribution in [0.1, 0.15) is 21.5 Å². The van der Waals surface area contributed by atoms with Crippen molar-refractivity contribution in [2.75, 3.05) is 19.5 Å². The number of nitriles is 1. The molecule has 0 unspecified atom stereocenters. The highest BCUT2D eigenvalue weighted by Crippen LogP contribution is 2.37. The third-order valence-corrected chi connectivity index (χ3v) is 4.61. The summed E-state index contributed by atoms with van der Waals surface area (Å²) >= 11 is 0. The molecule has 0 aliphatic carbocycles. The van der Waals surface area contributed by atoms with Crippen molar-refractivity contribution in [2.45, 2.75) is 13.3 Å². The summed E-state index contributed by atoms with van der Waals surface area (Å²) in [5.41, 5.74) is 9.59. The van der Waals surface area contributed by atoms with Crippen LogP contribution in [-0.2, 0) is 6.42 Å². The Morgan fingerprint density at radius 3 is 2.61 bits per heavy atom. The second-order valence-corrected chi connectivity index (χ2v) is 6.19. The molecule has 1 aromatic heterocycles. The van der Waals surface area contributed by atoms with Gasteiger partial charge in [-0.05, 0) is 30.2 Å². The fourth-order valence-electron chi connectivity index (χ4n) is 3.07. The van der Waals surface area contributed by atoms with Gasteiger partial charge in [-0.1, -0.05) is 12.1 Å². The molecule has 142 valence electrons. The molecule has 0 radical (unpaired) electrons. The van der Waals surface area contributed by atoms with Crippen molar-refractivity contribution in [3.05, 3.63) is 53.2 Å². The Morgan fingerprint density at radius 2 is 1.96 bits per heavy atom. The SMILES string of the molecule is COc1cc2ncc(C(N)=O)c(Nc3cccc(CC#N)c3C)c2cc1OC. The number of ether oxygens (including phenoxy) is 2. The predicted molar refractivity (Wildman–Crippen MR) is 107 cm³/mol. The van der Waals surface area contributed by atoms with Gasteiger partial charge in [0.15, 0.2) is 11.5 Å². The summed E-state index contributed by atoms with van der Waals surface area (Å²) < 4.78 is 10.7. The maximum atomic E-state index is 12.0. The lowest BCUT2D eigenvalue weighted by Gasteiger charge is -2.17. The molecule has 3 N–H and O–H groups in total. The van der Waals surface area contributed by atoms with Gasteiger partial charge in [0.05, 0.1) is 43.5 Å². The molecule has 0 bridgehead atoms. The second kappa shape index (κ2) is 7.84. The molecule has 7 heteroatoms.